The summed E-state index contributed by atoms with van der Waals surface area (Å²) in [5, 5.41) is 6.17. The standard InChI is InChI=1S/C11H11F3N4O2S/c12-11(13,14)8-1-3-9(4-2-8)21(19,20)17-6-5-10-15-7-16-18-10/h1-4,7,17H,5-6H2,(H,15,16,18). The Morgan fingerprint density at radius 2 is 1.86 bits per heavy atom. The molecule has 0 radical (unpaired) electrons. The molecule has 0 amide bonds. The molecular formula is C11H11F3N4O2S. The van der Waals surface area contributed by atoms with Crippen molar-refractivity contribution in [3.05, 3.63) is 42.0 Å². The van der Waals surface area contributed by atoms with Crippen LogP contribution >= 0.6 is 0 Å². The fraction of sp³-hybridized carbons (Fsp3) is 0.273. The molecule has 0 bridgehead atoms. The minimum Gasteiger partial charge on any atom is -0.263 e. The van der Waals surface area contributed by atoms with Crippen LogP contribution in [0.4, 0.5) is 13.2 Å². The number of alkyl halides is 3. The van der Waals surface area contributed by atoms with Gasteiger partial charge >= 0.3 is 6.18 Å². The summed E-state index contributed by atoms with van der Waals surface area (Å²) in [6, 6.07) is 3.29. The van der Waals surface area contributed by atoms with Crippen molar-refractivity contribution in [1.29, 1.82) is 0 Å². The lowest BCUT2D eigenvalue weighted by molar-refractivity contribution is -0.137. The minimum atomic E-state index is -4.50. The van der Waals surface area contributed by atoms with E-state index in [-0.39, 0.29) is 11.4 Å². The molecule has 1 heterocycles. The van der Waals surface area contributed by atoms with Gasteiger partial charge in [0.2, 0.25) is 10.0 Å². The highest BCUT2D eigenvalue weighted by Crippen LogP contribution is 2.29. The maximum Gasteiger partial charge on any atom is 0.416 e. The quantitative estimate of drug-likeness (QED) is 0.870. The highest BCUT2D eigenvalue weighted by atomic mass is 32.2. The summed E-state index contributed by atoms with van der Waals surface area (Å²) >= 11 is 0. The highest BCUT2D eigenvalue weighted by molar-refractivity contribution is 7.89. The van der Waals surface area contributed by atoms with Gasteiger partial charge in [-0.05, 0) is 24.3 Å². The van der Waals surface area contributed by atoms with Gasteiger partial charge in [0.15, 0.2) is 0 Å². The van der Waals surface area contributed by atoms with Crippen molar-refractivity contribution in [1.82, 2.24) is 19.9 Å². The van der Waals surface area contributed by atoms with Crippen molar-refractivity contribution < 1.29 is 21.6 Å². The van der Waals surface area contributed by atoms with Gasteiger partial charge in [-0.2, -0.15) is 18.3 Å². The lowest BCUT2D eigenvalue weighted by atomic mass is 10.2. The topological polar surface area (TPSA) is 87.7 Å². The average molecular weight is 320 g/mol. The normalized spacial score (nSPS) is 12.5. The number of halogens is 3. The zero-order valence-corrected chi connectivity index (χ0v) is 11.4. The molecule has 0 aliphatic rings. The number of rotatable bonds is 5. The molecule has 0 aliphatic heterocycles. The van der Waals surface area contributed by atoms with Gasteiger partial charge in [0.05, 0.1) is 10.5 Å². The van der Waals surface area contributed by atoms with E-state index in [0.29, 0.717) is 12.2 Å². The van der Waals surface area contributed by atoms with Crippen LogP contribution < -0.4 is 4.72 Å². The van der Waals surface area contributed by atoms with Crippen molar-refractivity contribution in [3.8, 4) is 0 Å². The first-order valence-electron chi connectivity index (χ1n) is 5.80. The molecule has 1 aromatic carbocycles. The predicted octanol–water partition coefficient (Wildman–Crippen LogP) is 1.34. The van der Waals surface area contributed by atoms with Crippen molar-refractivity contribution in [2.24, 2.45) is 0 Å². The second-order valence-corrected chi connectivity index (χ2v) is 5.87. The first-order valence-corrected chi connectivity index (χ1v) is 7.28. The Kier molecular flexibility index (Phi) is 4.28. The molecule has 0 fully saturated rings. The van der Waals surface area contributed by atoms with E-state index >= 15 is 0 Å². The van der Waals surface area contributed by atoms with Gasteiger partial charge in [0.25, 0.3) is 0 Å². The molecule has 2 rings (SSSR count). The van der Waals surface area contributed by atoms with Crippen LogP contribution in [0.1, 0.15) is 11.4 Å². The van der Waals surface area contributed by atoms with Gasteiger partial charge in [0.1, 0.15) is 12.2 Å². The van der Waals surface area contributed by atoms with E-state index in [1.165, 1.54) is 6.33 Å². The molecule has 2 aromatic rings. The van der Waals surface area contributed by atoms with E-state index in [4.69, 9.17) is 0 Å². The fourth-order valence-corrected chi connectivity index (χ4v) is 2.59. The molecule has 6 nitrogen and oxygen atoms in total. The van der Waals surface area contributed by atoms with Crippen LogP contribution in [0.15, 0.2) is 35.5 Å². The monoisotopic (exact) mass is 320 g/mol. The molecule has 21 heavy (non-hydrogen) atoms. The predicted molar refractivity (Wildman–Crippen MR) is 66.7 cm³/mol. The summed E-state index contributed by atoms with van der Waals surface area (Å²) in [5.74, 6) is 0.505. The third-order valence-corrected chi connectivity index (χ3v) is 4.09. The summed E-state index contributed by atoms with van der Waals surface area (Å²) in [6.45, 7) is 0.0541. The summed E-state index contributed by atoms with van der Waals surface area (Å²) < 4.78 is 63.2. The van der Waals surface area contributed by atoms with Crippen molar-refractivity contribution in [2.45, 2.75) is 17.5 Å². The minimum absolute atomic E-state index is 0.0541. The SMILES string of the molecule is O=S(=O)(NCCc1ncn[nH]1)c1ccc(C(F)(F)F)cc1. The van der Waals surface area contributed by atoms with E-state index in [0.717, 1.165) is 24.3 Å². The van der Waals surface area contributed by atoms with Crippen molar-refractivity contribution in [2.75, 3.05) is 6.54 Å². The smallest absolute Gasteiger partial charge is 0.263 e. The lowest BCUT2D eigenvalue weighted by Crippen LogP contribution is -2.26. The number of hydrogen-bond donors (Lipinski definition) is 2. The number of aromatic amines is 1. The molecule has 10 heteroatoms. The lowest BCUT2D eigenvalue weighted by Gasteiger charge is -2.09. The average Bonchev–Trinajstić information content (AvgIpc) is 2.91. The van der Waals surface area contributed by atoms with Crippen LogP contribution in [0.3, 0.4) is 0 Å². The van der Waals surface area contributed by atoms with Gasteiger partial charge in [-0.3, -0.25) is 5.10 Å². The third-order valence-electron chi connectivity index (χ3n) is 2.61. The Morgan fingerprint density at radius 1 is 1.19 bits per heavy atom. The Morgan fingerprint density at radius 3 is 2.38 bits per heavy atom. The highest BCUT2D eigenvalue weighted by Gasteiger charge is 2.30. The molecule has 114 valence electrons. The van der Waals surface area contributed by atoms with E-state index in [1.54, 1.807) is 0 Å². The zero-order chi connectivity index (χ0) is 15.5. The number of benzene rings is 1. The van der Waals surface area contributed by atoms with Crippen LogP contribution in [0.2, 0.25) is 0 Å². The first-order chi connectivity index (χ1) is 9.79. The number of nitrogens with zero attached hydrogens (tertiary/aromatic N) is 2. The Balaban J connectivity index is 2.02. The third kappa shape index (κ3) is 4.02. The van der Waals surface area contributed by atoms with Crippen LogP contribution in [0, 0.1) is 0 Å². The summed E-state index contributed by atoms with van der Waals surface area (Å²) in [6.07, 6.45) is -2.92. The van der Waals surface area contributed by atoms with Gasteiger partial charge < -0.3 is 0 Å². The van der Waals surface area contributed by atoms with Crippen LogP contribution in [-0.4, -0.2) is 30.1 Å². The Bertz CT molecular complexity index is 681. The second-order valence-electron chi connectivity index (χ2n) is 4.10. The summed E-state index contributed by atoms with van der Waals surface area (Å²) in [7, 11) is -3.86. The molecule has 0 atom stereocenters. The number of sulfonamides is 1. The Hall–Kier alpha value is -1.94. The zero-order valence-electron chi connectivity index (χ0n) is 10.6. The van der Waals surface area contributed by atoms with E-state index in [1.807, 2.05) is 0 Å². The first kappa shape index (κ1) is 15.4. The number of aromatic nitrogens is 3. The van der Waals surface area contributed by atoms with Crippen LogP contribution in [0.25, 0.3) is 0 Å². The molecule has 2 N–H and O–H groups in total. The second kappa shape index (κ2) is 5.82. The maximum absolute atomic E-state index is 12.4. The largest absolute Gasteiger partial charge is 0.416 e. The van der Waals surface area contributed by atoms with Gasteiger partial charge in [-0.1, -0.05) is 0 Å². The molecule has 0 spiro atoms. The van der Waals surface area contributed by atoms with Crippen LogP contribution in [0.5, 0.6) is 0 Å². The maximum atomic E-state index is 12.4. The van der Waals surface area contributed by atoms with Crippen molar-refractivity contribution in [3.63, 3.8) is 0 Å². The Labute approximate surface area is 118 Å². The van der Waals surface area contributed by atoms with Gasteiger partial charge in [0, 0.05) is 13.0 Å². The summed E-state index contributed by atoms with van der Waals surface area (Å²) in [4.78, 5) is 3.59. The molecule has 0 saturated heterocycles. The van der Waals surface area contributed by atoms with E-state index in [9.17, 15) is 21.6 Å². The molecule has 0 aliphatic carbocycles. The molecule has 0 unspecified atom stereocenters. The van der Waals surface area contributed by atoms with E-state index in [2.05, 4.69) is 19.9 Å². The van der Waals surface area contributed by atoms with E-state index < -0.39 is 21.8 Å². The fourth-order valence-electron chi connectivity index (χ4n) is 1.56. The molecule has 1 aromatic heterocycles. The molecular weight excluding hydrogens is 309 g/mol. The number of nitrogens with one attached hydrogen (secondary N) is 2. The summed E-state index contributed by atoms with van der Waals surface area (Å²) in [5.41, 5.74) is -0.900. The van der Waals surface area contributed by atoms with Gasteiger partial charge in [-0.25, -0.2) is 18.1 Å². The van der Waals surface area contributed by atoms with Crippen molar-refractivity contribution >= 4 is 10.0 Å². The molecule has 0 saturated carbocycles. The number of hydrogen-bond acceptors (Lipinski definition) is 4. The number of H-pyrrole nitrogens is 1. The van der Waals surface area contributed by atoms with Gasteiger partial charge in [-0.15, -0.1) is 0 Å². The van der Waals surface area contributed by atoms with Crippen LogP contribution in [-0.2, 0) is 22.6 Å².